The van der Waals surface area contributed by atoms with E-state index >= 15 is 0 Å². The van der Waals surface area contributed by atoms with Gasteiger partial charge in [0.2, 0.25) is 5.71 Å². The predicted octanol–water partition coefficient (Wildman–Crippen LogP) is 5.89. The van der Waals surface area contributed by atoms with Gasteiger partial charge in [0.1, 0.15) is 11.3 Å². The van der Waals surface area contributed by atoms with E-state index in [1.807, 2.05) is 47.0 Å². The van der Waals surface area contributed by atoms with Crippen LogP contribution in [0.15, 0.2) is 71.1 Å². The molecule has 2 heterocycles. The van der Waals surface area contributed by atoms with E-state index in [4.69, 9.17) is 16.0 Å². The van der Waals surface area contributed by atoms with Crippen molar-refractivity contribution >= 4 is 44.6 Å². The minimum atomic E-state index is 0.125. The van der Waals surface area contributed by atoms with E-state index in [-0.39, 0.29) is 5.75 Å². The molecule has 0 saturated carbocycles. The molecule has 116 valence electrons. The summed E-state index contributed by atoms with van der Waals surface area (Å²) in [4.78, 5) is 0. The van der Waals surface area contributed by atoms with Crippen molar-refractivity contribution < 1.29 is 9.52 Å². The first kappa shape index (κ1) is 13.5. The first-order chi connectivity index (χ1) is 11.7. The van der Waals surface area contributed by atoms with Crippen molar-refractivity contribution in [2.75, 3.05) is 0 Å². The maximum absolute atomic E-state index is 9.95. The van der Waals surface area contributed by atoms with Crippen molar-refractivity contribution in [1.29, 1.82) is 0 Å². The highest BCUT2D eigenvalue weighted by Gasteiger charge is 2.19. The normalized spacial score (nSPS) is 11.7. The van der Waals surface area contributed by atoms with Crippen molar-refractivity contribution in [2.24, 2.45) is 0 Å². The number of benzene rings is 3. The molecular formula is C20H12ClNO2. The van der Waals surface area contributed by atoms with Crippen molar-refractivity contribution in [2.45, 2.75) is 0 Å². The summed E-state index contributed by atoms with van der Waals surface area (Å²) in [6, 6.07) is 21.2. The van der Waals surface area contributed by atoms with Crippen LogP contribution in [-0.2, 0) is 0 Å². The number of rotatable bonds is 1. The molecule has 3 nitrogen and oxygen atoms in total. The third-order valence-corrected chi connectivity index (χ3v) is 4.54. The highest BCUT2D eigenvalue weighted by molar-refractivity contribution is 6.31. The fourth-order valence-corrected chi connectivity index (χ4v) is 3.61. The lowest BCUT2D eigenvalue weighted by molar-refractivity contribution is 0.475. The molecule has 0 amide bonds. The smallest absolute Gasteiger partial charge is 0.213 e. The first-order valence-electron chi connectivity index (χ1n) is 7.63. The number of furan rings is 1. The van der Waals surface area contributed by atoms with E-state index in [1.54, 1.807) is 6.07 Å². The molecule has 0 radical (unpaired) electrons. The van der Waals surface area contributed by atoms with Crippen LogP contribution >= 0.6 is 11.6 Å². The minimum absolute atomic E-state index is 0.125. The number of halogens is 1. The fraction of sp³-hybridized carbons (Fsp3) is 0. The quantitative estimate of drug-likeness (QED) is 0.415. The molecule has 1 N–H and O–H groups in total. The molecule has 4 heteroatoms. The van der Waals surface area contributed by atoms with Crippen LogP contribution in [0.3, 0.4) is 0 Å². The van der Waals surface area contributed by atoms with Gasteiger partial charge in [0.05, 0.1) is 16.6 Å². The highest BCUT2D eigenvalue weighted by Crippen LogP contribution is 2.39. The lowest BCUT2D eigenvalue weighted by Gasteiger charge is -2.07. The third kappa shape index (κ3) is 1.79. The molecule has 0 bridgehead atoms. The highest BCUT2D eigenvalue weighted by atomic mass is 35.5. The molecule has 0 atom stereocenters. The number of aromatic nitrogens is 1. The van der Waals surface area contributed by atoms with Crippen LogP contribution in [-0.4, -0.2) is 9.67 Å². The van der Waals surface area contributed by atoms with Crippen molar-refractivity contribution in [3.8, 4) is 11.4 Å². The number of phenolic OH excluding ortho intramolecular Hbond substituents is 1. The lowest BCUT2D eigenvalue weighted by atomic mass is 10.1. The molecule has 0 aliphatic carbocycles. The van der Waals surface area contributed by atoms with Crippen LogP contribution in [0.25, 0.3) is 38.7 Å². The molecule has 0 aliphatic heterocycles. The SMILES string of the molecule is Oc1cc(Cl)cc(-n2c3ccccc3c3c4ccccc4oc32)c1. The van der Waals surface area contributed by atoms with Crippen LogP contribution < -0.4 is 0 Å². The van der Waals surface area contributed by atoms with Crippen LogP contribution in [0.2, 0.25) is 5.02 Å². The molecule has 5 rings (SSSR count). The number of fused-ring (bicyclic) bond motifs is 5. The van der Waals surface area contributed by atoms with Crippen LogP contribution in [0.4, 0.5) is 0 Å². The van der Waals surface area contributed by atoms with E-state index in [0.29, 0.717) is 5.02 Å². The molecule has 0 aliphatic rings. The van der Waals surface area contributed by atoms with Crippen LogP contribution in [0.5, 0.6) is 5.75 Å². The summed E-state index contributed by atoms with van der Waals surface area (Å²) in [7, 11) is 0. The van der Waals surface area contributed by atoms with Crippen LogP contribution in [0.1, 0.15) is 0 Å². The van der Waals surface area contributed by atoms with Gasteiger partial charge in [0.15, 0.2) is 0 Å². The van der Waals surface area contributed by atoms with E-state index in [1.165, 1.54) is 6.07 Å². The fourth-order valence-electron chi connectivity index (χ4n) is 3.38. The number of phenols is 1. The molecule has 24 heavy (non-hydrogen) atoms. The maximum atomic E-state index is 9.95. The Hall–Kier alpha value is -2.91. The molecule has 0 spiro atoms. The Balaban J connectivity index is 2.03. The summed E-state index contributed by atoms with van der Waals surface area (Å²) in [5.41, 5.74) is 3.37. The Labute approximate surface area is 142 Å². The van der Waals surface area contributed by atoms with Gasteiger partial charge in [-0.15, -0.1) is 0 Å². The monoisotopic (exact) mass is 333 g/mol. The summed E-state index contributed by atoms with van der Waals surface area (Å²) < 4.78 is 8.14. The van der Waals surface area contributed by atoms with E-state index in [2.05, 4.69) is 12.1 Å². The number of para-hydroxylation sites is 2. The van der Waals surface area contributed by atoms with Crippen molar-refractivity contribution in [3.63, 3.8) is 0 Å². The minimum Gasteiger partial charge on any atom is -0.508 e. The van der Waals surface area contributed by atoms with E-state index in [9.17, 15) is 5.11 Å². The zero-order valence-electron chi connectivity index (χ0n) is 12.5. The number of nitrogens with zero attached hydrogens (tertiary/aromatic N) is 1. The summed E-state index contributed by atoms with van der Waals surface area (Å²) in [5.74, 6) is 0.125. The third-order valence-electron chi connectivity index (χ3n) is 4.32. The van der Waals surface area contributed by atoms with Gasteiger partial charge in [-0.1, -0.05) is 48.0 Å². The molecular weight excluding hydrogens is 322 g/mol. The Morgan fingerprint density at radius 1 is 0.875 bits per heavy atom. The first-order valence-corrected chi connectivity index (χ1v) is 8.01. The van der Waals surface area contributed by atoms with E-state index < -0.39 is 0 Å². The van der Waals surface area contributed by atoms with Gasteiger partial charge in [0.25, 0.3) is 0 Å². The standard InChI is InChI=1S/C20H12ClNO2/c21-12-9-13(11-14(23)10-12)22-17-7-3-1-5-15(17)19-16-6-2-4-8-18(16)24-20(19)22/h1-11,23H. The van der Waals surface area contributed by atoms with Gasteiger partial charge in [0, 0.05) is 21.9 Å². The van der Waals surface area contributed by atoms with Gasteiger partial charge < -0.3 is 9.52 Å². The second-order valence-electron chi connectivity index (χ2n) is 5.80. The Kier molecular flexibility index (Phi) is 2.70. The molecule has 5 aromatic rings. The second-order valence-corrected chi connectivity index (χ2v) is 6.23. The number of hydrogen-bond acceptors (Lipinski definition) is 2. The summed E-state index contributed by atoms with van der Waals surface area (Å²) in [6.45, 7) is 0. The summed E-state index contributed by atoms with van der Waals surface area (Å²) in [6.07, 6.45) is 0. The second kappa shape index (κ2) is 4.79. The number of hydrogen-bond donors (Lipinski definition) is 1. The molecule has 0 saturated heterocycles. The summed E-state index contributed by atoms with van der Waals surface area (Å²) in [5, 5.41) is 13.7. The van der Waals surface area contributed by atoms with Gasteiger partial charge in [-0.05, 0) is 24.3 Å². The zero-order valence-corrected chi connectivity index (χ0v) is 13.3. The Bertz CT molecular complexity index is 1210. The largest absolute Gasteiger partial charge is 0.508 e. The van der Waals surface area contributed by atoms with Gasteiger partial charge in [-0.2, -0.15) is 0 Å². The topological polar surface area (TPSA) is 38.3 Å². The molecule has 2 aromatic heterocycles. The van der Waals surface area contributed by atoms with Gasteiger partial charge in [-0.3, -0.25) is 4.57 Å². The molecule has 0 fully saturated rings. The maximum Gasteiger partial charge on any atom is 0.213 e. The summed E-state index contributed by atoms with van der Waals surface area (Å²) >= 11 is 6.14. The van der Waals surface area contributed by atoms with Gasteiger partial charge >= 0.3 is 0 Å². The lowest BCUT2D eigenvalue weighted by Crippen LogP contribution is -1.92. The Morgan fingerprint density at radius 2 is 1.62 bits per heavy atom. The number of aromatic hydroxyl groups is 1. The molecule has 3 aromatic carbocycles. The van der Waals surface area contributed by atoms with Crippen molar-refractivity contribution in [3.05, 3.63) is 71.8 Å². The predicted molar refractivity (Wildman–Crippen MR) is 97.2 cm³/mol. The average Bonchev–Trinajstić information content (AvgIpc) is 3.08. The Morgan fingerprint density at radius 3 is 2.46 bits per heavy atom. The molecule has 0 unspecified atom stereocenters. The van der Waals surface area contributed by atoms with E-state index in [0.717, 1.165) is 38.7 Å². The van der Waals surface area contributed by atoms with Gasteiger partial charge in [-0.25, -0.2) is 0 Å². The van der Waals surface area contributed by atoms with Crippen LogP contribution in [0, 0.1) is 0 Å². The van der Waals surface area contributed by atoms with Crippen molar-refractivity contribution in [1.82, 2.24) is 4.57 Å². The average molecular weight is 334 g/mol. The zero-order chi connectivity index (χ0) is 16.3.